The van der Waals surface area contributed by atoms with Crippen molar-refractivity contribution in [1.29, 1.82) is 0 Å². The predicted molar refractivity (Wildman–Crippen MR) is 75.4 cm³/mol. The molecule has 0 aliphatic carbocycles. The Bertz CT molecular complexity index is 469. The topological polar surface area (TPSA) is 51.1 Å². The zero-order valence-electron chi connectivity index (χ0n) is 11.7. The van der Waals surface area contributed by atoms with E-state index >= 15 is 0 Å². The Balaban J connectivity index is 2.57. The molecule has 0 saturated carbocycles. The highest BCUT2D eigenvalue weighted by Crippen LogP contribution is 2.16. The van der Waals surface area contributed by atoms with Gasteiger partial charge >= 0.3 is 0 Å². The second-order valence-electron chi connectivity index (χ2n) is 5.47. The second kappa shape index (κ2) is 5.89. The van der Waals surface area contributed by atoms with Gasteiger partial charge in [-0.25, -0.2) is 8.42 Å². The van der Waals surface area contributed by atoms with E-state index in [1.807, 2.05) is 23.0 Å². The number of aryl methyl sites for hydroxylation is 1. The summed E-state index contributed by atoms with van der Waals surface area (Å²) in [6.45, 7) is 9.58. The van der Waals surface area contributed by atoms with Crippen molar-refractivity contribution in [3.8, 4) is 0 Å². The van der Waals surface area contributed by atoms with Crippen LogP contribution in [0.25, 0.3) is 0 Å². The summed E-state index contributed by atoms with van der Waals surface area (Å²) in [5.74, 6) is 0.186. The Kier molecular flexibility index (Phi) is 4.99. The summed E-state index contributed by atoms with van der Waals surface area (Å²) < 4.78 is 25.2. The van der Waals surface area contributed by atoms with Crippen molar-refractivity contribution in [3.63, 3.8) is 0 Å². The van der Waals surface area contributed by atoms with Crippen LogP contribution in [0.4, 0.5) is 0 Å². The van der Waals surface area contributed by atoms with Gasteiger partial charge in [-0.15, -0.1) is 0 Å². The van der Waals surface area contributed by atoms with Crippen molar-refractivity contribution in [2.75, 3.05) is 12.3 Å². The van der Waals surface area contributed by atoms with Crippen LogP contribution in [0.5, 0.6) is 0 Å². The van der Waals surface area contributed by atoms with E-state index in [1.54, 1.807) is 20.8 Å². The van der Waals surface area contributed by atoms with Gasteiger partial charge in [0.05, 0.1) is 10.5 Å². The fourth-order valence-corrected chi connectivity index (χ4v) is 2.60. The highest BCUT2D eigenvalue weighted by molar-refractivity contribution is 7.92. The first-order chi connectivity index (χ1) is 8.26. The maximum absolute atomic E-state index is 12.0. The van der Waals surface area contributed by atoms with E-state index in [-0.39, 0.29) is 5.75 Å². The Morgan fingerprint density at radius 2 is 2.00 bits per heavy atom. The first-order valence-corrected chi connectivity index (χ1v) is 7.99. The van der Waals surface area contributed by atoms with Gasteiger partial charge in [0.25, 0.3) is 0 Å². The maximum atomic E-state index is 12.0. The fourth-order valence-electron chi connectivity index (χ4n) is 1.54. The molecule has 0 bridgehead atoms. The molecule has 104 valence electrons. The molecule has 0 saturated heterocycles. The van der Waals surface area contributed by atoms with Gasteiger partial charge in [-0.2, -0.15) is 0 Å². The minimum Gasteiger partial charge on any atom is -0.353 e. The molecule has 18 heavy (non-hydrogen) atoms. The number of rotatable bonds is 6. The van der Waals surface area contributed by atoms with Gasteiger partial charge in [0, 0.05) is 25.5 Å². The van der Waals surface area contributed by atoms with Crippen LogP contribution in [0, 0.1) is 0 Å². The third kappa shape index (κ3) is 4.14. The number of hydrogen-bond donors (Lipinski definition) is 1. The molecular formula is C13H24N2O2S. The second-order valence-corrected chi connectivity index (χ2v) is 8.33. The Hall–Kier alpha value is -0.810. The molecule has 0 aliphatic rings. The molecule has 5 heteroatoms. The average Bonchev–Trinajstić information content (AvgIpc) is 2.70. The minimum absolute atomic E-state index is 0.186. The molecule has 0 fully saturated rings. The van der Waals surface area contributed by atoms with Crippen molar-refractivity contribution in [3.05, 3.63) is 24.0 Å². The Morgan fingerprint density at radius 1 is 1.33 bits per heavy atom. The molecule has 0 unspecified atom stereocenters. The predicted octanol–water partition coefficient (Wildman–Crippen LogP) is 1.81. The number of nitrogens with one attached hydrogen (secondary N) is 1. The smallest absolute Gasteiger partial charge is 0.156 e. The first-order valence-electron chi connectivity index (χ1n) is 6.34. The molecule has 0 spiro atoms. The van der Waals surface area contributed by atoms with E-state index < -0.39 is 14.6 Å². The lowest BCUT2D eigenvalue weighted by Crippen LogP contribution is -2.31. The van der Waals surface area contributed by atoms with Gasteiger partial charge in [0.2, 0.25) is 0 Å². The van der Waals surface area contributed by atoms with E-state index in [4.69, 9.17) is 0 Å². The average molecular weight is 272 g/mol. The molecule has 1 N–H and O–H groups in total. The van der Waals surface area contributed by atoms with E-state index in [0.29, 0.717) is 6.54 Å². The van der Waals surface area contributed by atoms with Crippen molar-refractivity contribution in [2.24, 2.45) is 0 Å². The zero-order valence-corrected chi connectivity index (χ0v) is 12.5. The molecule has 0 radical (unpaired) electrons. The van der Waals surface area contributed by atoms with Crippen LogP contribution in [-0.4, -0.2) is 30.0 Å². The molecule has 1 heterocycles. The number of nitrogens with zero attached hydrogens (tertiary/aromatic N) is 1. The minimum atomic E-state index is -3.04. The summed E-state index contributed by atoms with van der Waals surface area (Å²) in [5, 5.41) is 3.24. The standard InChI is InChI=1S/C13H24N2O2S/c1-5-14-10-12-6-7-15(11-12)8-9-18(16,17)13(2,3)4/h6-7,11,14H,5,8-10H2,1-4H3. The van der Waals surface area contributed by atoms with Gasteiger partial charge < -0.3 is 9.88 Å². The molecule has 1 aromatic heterocycles. The van der Waals surface area contributed by atoms with Crippen molar-refractivity contribution < 1.29 is 8.42 Å². The van der Waals surface area contributed by atoms with E-state index in [9.17, 15) is 8.42 Å². The third-order valence-electron chi connectivity index (χ3n) is 2.94. The number of hydrogen-bond acceptors (Lipinski definition) is 3. The number of aromatic nitrogens is 1. The highest BCUT2D eigenvalue weighted by atomic mass is 32.2. The maximum Gasteiger partial charge on any atom is 0.156 e. The number of sulfone groups is 1. The monoisotopic (exact) mass is 272 g/mol. The SMILES string of the molecule is CCNCc1ccn(CCS(=O)(=O)C(C)(C)C)c1. The Morgan fingerprint density at radius 3 is 2.56 bits per heavy atom. The summed E-state index contributed by atoms with van der Waals surface area (Å²) in [6.07, 6.45) is 3.94. The first kappa shape index (κ1) is 15.2. The lowest BCUT2D eigenvalue weighted by atomic mass is 10.3. The van der Waals surface area contributed by atoms with Crippen LogP contribution in [0.15, 0.2) is 18.5 Å². The molecule has 0 atom stereocenters. The summed E-state index contributed by atoms with van der Waals surface area (Å²) in [4.78, 5) is 0. The van der Waals surface area contributed by atoms with Gasteiger partial charge in [-0.3, -0.25) is 0 Å². The molecular weight excluding hydrogens is 248 g/mol. The zero-order chi connectivity index (χ0) is 13.8. The van der Waals surface area contributed by atoms with Crippen LogP contribution >= 0.6 is 0 Å². The molecule has 0 amide bonds. The van der Waals surface area contributed by atoms with Crippen molar-refractivity contribution >= 4 is 9.84 Å². The molecule has 0 aliphatic heterocycles. The van der Waals surface area contributed by atoms with E-state index in [2.05, 4.69) is 12.2 Å². The largest absolute Gasteiger partial charge is 0.353 e. The fraction of sp³-hybridized carbons (Fsp3) is 0.692. The van der Waals surface area contributed by atoms with Crippen molar-refractivity contribution in [2.45, 2.75) is 45.5 Å². The lowest BCUT2D eigenvalue weighted by Gasteiger charge is -2.19. The van der Waals surface area contributed by atoms with Gasteiger partial charge in [0.15, 0.2) is 9.84 Å². The van der Waals surface area contributed by atoms with Crippen LogP contribution in [0.2, 0.25) is 0 Å². The summed E-state index contributed by atoms with van der Waals surface area (Å²) in [7, 11) is -3.04. The summed E-state index contributed by atoms with van der Waals surface area (Å²) in [5.41, 5.74) is 1.19. The van der Waals surface area contributed by atoms with Gasteiger partial charge in [0.1, 0.15) is 0 Å². The lowest BCUT2D eigenvalue weighted by molar-refractivity contribution is 0.554. The summed E-state index contributed by atoms with van der Waals surface area (Å²) in [6, 6.07) is 2.02. The van der Waals surface area contributed by atoms with Crippen LogP contribution in [-0.2, 0) is 22.9 Å². The van der Waals surface area contributed by atoms with Crippen LogP contribution in [0.1, 0.15) is 33.3 Å². The third-order valence-corrected chi connectivity index (χ3v) is 5.53. The van der Waals surface area contributed by atoms with Gasteiger partial charge in [-0.1, -0.05) is 6.92 Å². The molecule has 4 nitrogen and oxygen atoms in total. The van der Waals surface area contributed by atoms with Gasteiger partial charge in [-0.05, 0) is 38.9 Å². The molecule has 1 aromatic rings. The van der Waals surface area contributed by atoms with E-state index in [0.717, 1.165) is 13.1 Å². The van der Waals surface area contributed by atoms with Crippen LogP contribution < -0.4 is 5.32 Å². The van der Waals surface area contributed by atoms with E-state index in [1.165, 1.54) is 5.56 Å². The van der Waals surface area contributed by atoms with Crippen molar-refractivity contribution in [1.82, 2.24) is 9.88 Å². The summed E-state index contributed by atoms with van der Waals surface area (Å²) >= 11 is 0. The highest BCUT2D eigenvalue weighted by Gasteiger charge is 2.28. The normalized spacial score (nSPS) is 12.9. The van der Waals surface area contributed by atoms with Crippen LogP contribution in [0.3, 0.4) is 0 Å². The molecule has 1 rings (SSSR count). The Labute approximate surface area is 110 Å². The quantitative estimate of drug-likeness (QED) is 0.859. The molecule has 0 aromatic carbocycles.